The molecule has 0 fully saturated rings. The number of hydrogen-bond donors (Lipinski definition) is 3. The molecule has 0 bridgehead atoms. The average Bonchev–Trinajstić information content (AvgIpc) is 2.67. The van der Waals surface area contributed by atoms with Crippen LogP contribution in [-0.2, 0) is 16.0 Å². The number of amides is 2. The van der Waals surface area contributed by atoms with Crippen LogP contribution in [0.4, 0.5) is 0 Å². The van der Waals surface area contributed by atoms with E-state index in [4.69, 9.17) is 11.6 Å². The molecule has 0 aromatic heterocycles. The lowest BCUT2D eigenvalue weighted by molar-refractivity contribution is -0.128. The number of nitrogens with one attached hydrogen (secondary N) is 3. The van der Waals surface area contributed by atoms with E-state index in [0.29, 0.717) is 17.3 Å². The molecule has 138 valence electrons. The van der Waals surface area contributed by atoms with Crippen molar-refractivity contribution >= 4 is 35.5 Å². The molecular weight excluding hydrogens is 366 g/mol. The summed E-state index contributed by atoms with van der Waals surface area (Å²) in [5.41, 5.74) is 9.56. The van der Waals surface area contributed by atoms with Crippen LogP contribution in [0.25, 0.3) is 0 Å². The first kappa shape index (κ1) is 18.6. The van der Waals surface area contributed by atoms with Gasteiger partial charge in [0.25, 0.3) is 5.91 Å². The standard InChI is InChI=1S/C19H18ClN5O2/c20-15-8-6-14(7-9-15)12-21-24-18(26)11-16-19(27)25-23-17(22-16)10-13-4-2-1-3-5-13/h1-9,12,16H,10-11H2,(H,22,23)(H,24,26)(H,25,27)/t16-/m1/s1. The minimum atomic E-state index is -0.796. The molecule has 0 radical (unpaired) electrons. The Labute approximate surface area is 161 Å². The molecule has 8 heteroatoms. The number of rotatable bonds is 6. The molecule has 2 amide bonds. The van der Waals surface area contributed by atoms with Crippen LogP contribution in [-0.4, -0.2) is 29.9 Å². The van der Waals surface area contributed by atoms with Crippen molar-refractivity contribution in [1.29, 1.82) is 0 Å². The highest BCUT2D eigenvalue weighted by Crippen LogP contribution is 2.08. The van der Waals surface area contributed by atoms with Gasteiger partial charge >= 0.3 is 0 Å². The lowest BCUT2D eigenvalue weighted by Gasteiger charge is -2.21. The van der Waals surface area contributed by atoms with Gasteiger partial charge in [-0.25, -0.2) is 5.43 Å². The molecule has 0 spiro atoms. The maximum Gasteiger partial charge on any atom is 0.263 e. The Kier molecular flexibility index (Phi) is 6.17. The summed E-state index contributed by atoms with van der Waals surface area (Å²) in [6.07, 6.45) is 1.94. The van der Waals surface area contributed by atoms with Crippen LogP contribution < -0.4 is 16.3 Å². The first-order valence-electron chi connectivity index (χ1n) is 8.34. The minimum Gasteiger partial charge on any atom is -0.285 e. The summed E-state index contributed by atoms with van der Waals surface area (Å²) in [6.45, 7) is 0. The largest absolute Gasteiger partial charge is 0.285 e. The van der Waals surface area contributed by atoms with Gasteiger partial charge in [-0.2, -0.15) is 5.10 Å². The highest BCUT2D eigenvalue weighted by molar-refractivity contribution is 6.30. The molecule has 2 aromatic carbocycles. The Hall–Kier alpha value is -3.19. The third-order valence-electron chi connectivity index (χ3n) is 3.81. The monoisotopic (exact) mass is 383 g/mol. The van der Waals surface area contributed by atoms with Gasteiger partial charge in [0.15, 0.2) is 0 Å². The van der Waals surface area contributed by atoms with Crippen molar-refractivity contribution in [2.75, 3.05) is 0 Å². The van der Waals surface area contributed by atoms with Gasteiger partial charge in [0.2, 0.25) is 5.91 Å². The Morgan fingerprint density at radius 3 is 2.63 bits per heavy atom. The van der Waals surface area contributed by atoms with E-state index in [1.54, 1.807) is 24.3 Å². The average molecular weight is 384 g/mol. The fraction of sp³-hybridized carbons (Fsp3) is 0.158. The maximum atomic E-state index is 12.1. The molecule has 0 unspecified atom stereocenters. The van der Waals surface area contributed by atoms with Crippen LogP contribution in [0.1, 0.15) is 17.5 Å². The second-order valence-electron chi connectivity index (χ2n) is 5.92. The SMILES string of the molecule is O=C(C[C@H]1N=C(Cc2ccccc2)NNC1=O)NN=Cc1ccc(Cl)cc1. The number of hydrazine groups is 1. The maximum absolute atomic E-state index is 12.1. The van der Waals surface area contributed by atoms with Crippen molar-refractivity contribution < 1.29 is 9.59 Å². The molecule has 0 aliphatic carbocycles. The first-order valence-corrected chi connectivity index (χ1v) is 8.72. The van der Waals surface area contributed by atoms with Gasteiger partial charge in [0.1, 0.15) is 11.9 Å². The van der Waals surface area contributed by atoms with Crippen molar-refractivity contribution in [1.82, 2.24) is 16.3 Å². The third-order valence-corrected chi connectivity index (χ3v) is 4.06. The zero-order valence-corrected chi connectivity index (χ0v) is 15.1. The fourth-order valence-electron chi connectivity index (χ4n) is 2.46. The number of carbonyl (C=O) groups is 2. The van der Waals surface area contributed by atoms with Crippen molar-refractivity contribution in [3.63, 3.8) is 0 Å². The number of hydrazone groups is 1. The van der Waals surface area contributed by atoms with E-state index in [1.165, 1.54) is 6.21 Å². The topological polar surface area (TPSA) is 95.0 Å². The highest BCUT2D eigenvalue weighted by atomic mass is 35.5. The van der Waals surface area contributed by atoms with E-state index in [0.717, 1.165) is 11.1 Å². The van der Waals surface area contributed by atoms with Gasteiger partial charge in [0.05, 0.1) is 12.6 Å². The molecule has 1 heterocycles. The summed E-state index contributed by atoms with van der Waals surface area (Å²) in [5.74, 6) is -0.156. The van der Waals surface area contributed by atoms with E-state index in [2.05, 4.69) is 26.4 Å². The molecule has 27 heavy (non-hydrogen) atoms. The quantitative estimate of drug-likeness (QED) is 0.524. The van der Waals surface area contributed by atoms with Crippen LogP contribution in [0.15, 0.2) is 64.7 Å². The molecule has 0 saturated carbocycles. The molecule has 1 atom stereocenters. The van der Waals surface area contributed by atoms with Crippen molar-refractivity contribution in [3.8, 4) is 0 Å². The van der Waals surface area contributed by atoms with E-state index in [-0.39, 0.29) is 12.3 Å². The van der Waals surface area contributed by atoms with Crippen LogP contribution in [0.3, 0.4) is 0 Å². The van der Waals surface area contributed by atoms with Crippen molar-refractivity contribution in [2.45, 2.75) is 18.9 Å². The van der Waals surface area contributed by atoms with E-state index >= 15 is 0 Å². The van der Waals surface area contributed by atoms with Gasteiger partial charge in [-0.3, -0.25) is 25.4 Å². The Morgan fingerprint density at radius 2 is 1.89 bits per heavy atom. The van der Waals surface area contributed by atoms with Crippen LogP contribution in [0.5, 0.6) is 0 Å². The normalized spacial score (nSPS) is 16.4. The van der Waals surface area contributed by atoms with Crippen LogP contribution >= 0.6 is 11.6 Å². The molecule has 1 aliphatic heterocycles. The van der Waals surface area contributed by atoms with Crippen molar-refractivity contribution in [2.24, 2.45) is 10.1 Å². The zero-order valence-electron chi connectivity index (χ0n) is 14.4. The smallest absolute Gasteiger partial charge is 0.263 e. The molecular formula is C19H18ClN5O2. The van der Waals surface area contributed by atoms with Crippen molar-refractivity contribution in [3.05, 3.63) is 70.7 Å². The van der Waals surface area contributed by atoms with Gasteiger partial charge in [0, 0.05) is 11.4 Å². The summed E-state index contributed by atoms with van der Waals surface area (Å²) in [6, 6.07) is 15.9. The predicted molar refractivity (Wildman–Crippen MR) is 104 cm³/mol. The Balaban J connectivity index is 1.56. The number of halogens is 1. The van der Waals surface area contributed by atoms with Crippen LogP contribution in [0, 0.1) is 0 Å². The van der Waals surface area contributed by atoms with Gasteiger partial charge in [-0.15, -0.1) is 0 Å². The summed E-state index contributed by atoms with van der Waals surface area (Å²) in [5, 5.41) is 4.51. The number of aliphatic imine (C=N–C) groups is 1. The predicted octanol–water partition coefficient (Wildman–Crippen LogP) is 1.82. The molecule has 3 N–H and O–H groups in total. The summed E-state index contributed by atoms with van der Waals surface area (Å²) < 4.78 is 0. The van der Waals surface area contributed by atoms with E-state index < -0.39 is 11.9 Å². The van der Waals surface area contributed by atoms with Gasteiger partial charge in [-0.1, -0.05) is 54.1 Å². The first-order chi connectivity index (χ1) is 13.1. The highest BCUT2D eigenvalue weighted by Gasteiger charge is 2.25. The summed E-state index contributed by atoms with van der Waals surface area (Å²) >= 11 is 5.81. The lowest BCUT2D eigenvalue weighted by Crippen LogP contribution is -2.52. The lowest BCUT2D eigenvalue weighted by atomic mass is 10.1. The minimum absolute atomic E-state index is 0.0935. The zero-order chi connectivity index (χ0) is 19.1. The van der Waals surface area contributed by atoms with E-state index in [1.807, 2.05) is 30.3 Å². The second kappa shape index (κ2) is 8.95. The molecule has 3 rings (SSSR count). The molecule has 1 aliphatic rings. The summed E-state index contributed by atoms with van der Waals surface area (Å²) in [4.78, 5) is 28.3. The molecule has 2 aromatic rings. The van der Waals surface area contributed by atoms with Crippen LogP contribution in [0.2, 0.25) is 5.02 Å². The molecule has 7 nitrogen and oxygen atoms in total. The second-order valence-corrected chi connectivity index (χ2v) is 6.35. The third kappa shape index (κ3) is 5.65. The number of hydrogen-bond acceptors (Lipinski definition) is 5. The fourth-order valence-corrected chi connectivity index (χ4v) is 2.59. The summed E-state index contributed by atoms with van der Waals surface area (Å²) in [7, 11) is 0. The number of amidine groups is 1. The van der Waals surface area contributed by atoms with Gasteiger partial charge < -0.3 is 0 Å². The molecule has 0 saturated heterocycles. The Morgan fingerprint density at radius 1 is 1.15 bits per heavy atom. The van der Waals surface area contributed by atoms with E-state index in [9.17, 15) is 9.59 Å². The number of benzene rings is 2. The number of carbonyl (C=O) groups excluding carboxylic acids is 2. The van der Waals surface area contributed by atoms with Gasteiger partial charge in [-0.05, 0) is 23.3 Å². The Bertz CT molecular complexity index is 865. The number of nitrogens with zero attached hydrogens (tertiary/aromatic N) is 2.